The minimum absolute atomic E-state index is 0.201. The van der Waals surface area contributed by atoms with Gasteiger partial charge in [-0.1, -0.05) is 42.5 Å². The first-order chi connectivity index (χ1) is 14.4. The first-order valence-electron chi connectivity index (χ1n) is 9.46. The van der Waals surface area contributed by atoms with Crippen LogP contribution in [0.1, 0.15) is 24.3 Å². The highest BCUT2D eigenvalue weighted by molar-refractivity contribution is 5.95. The molecule has 0 saturated carbocycles. The predicted molar refractivity (Wildman–Crippen MR) is 107 cm³/mol. The second kappa shape index (κ2) is 9.41. The van der Waals surface area contributed by atoms with E-state index in [-0.39, 0.29) is 18.9 Å². The Balaban J connectivity index is 1.99. The van der Waals surface area contributed by atoms with Gasteiger partial charge in [0, 0.05) is 26.0 Å². The average molecular weight is 412 g/mol. The Morgan fingerprint density at radius 2 is 1.83 bits per heavy atom. The van der Waals surface area contributed by atoms with Gasteiger partial charge in [-0.2, -0.15) is 5.06 Å². The number of methoxy groups -OCH3 is 2. The molecule has 1 fully saturated rings. The van der Waals surface area contributed by atoms with Crippen molar-refractivity contribution >= 4 is 17.8 Å². The lowest BCUT2D eigenvalue weighted by Gasteiger charge is -2.42. The Hall–Kier alpha value is -3.39. The fraction of sp³-hybridized carbons (Fsp3) is 0.318. The summed E-state index contributed by atoms with van der Waals surface area (Å²) in [4.78, 5) is 44.1. The summed E-state index contributed by atoms with van der Waals surface area (Å²) in [6.45, 7) is 0.808. The number of hydrogen-bond acceptors (Lipinski definition) is 6. The first kappa shape index (κ1) is 21.3. The van der Waals surface area contributed by atoms with Gasteiger partial charge in [-0.3, -0.25) is 19.3 Å². The van der Waals surface area contributed by atoms with Crippen molar-refractivity contribution in [1.82, 2.24) is 9.96 Å². The van der Waals surface area contributed by atoms with E-state index in [4.69, 9.17) is 14.3 Å². The van der Waals surface area contributed by atoms with Gasteiger partial charge in [0.15, 0.2) is 6.23 Å². The third-order valence-electron chi connectivity index (χ3n) is 4.80. The molecule has 0 aromatic heterocycles. The lowest BCUT2D eigenvalue weighted by atomic mass is 10.00. The molecule has 2 amide bonds. The van der Waals surface area contributed by atoms with Crippen molar-refractivity contribution in [2.24, 2.45) is 0 Å². The standard InChI is InChI=1S/C22H24N2O6/c1-15(25)30-23-14-20(26)24(22(29-3)17-9-5-4-6-10-17)19(21(23)27)13-16-8-7-11-18(12-16)28-2/h4-12,19,22H,13-14H2,1-3H3. The molecular formula is C22H24N2O6. The Labute approximate surface area is 174 Å². The van der Waals surface area contributed by atoms with Gasteiger partial charge in [0.25, 0.3) is 5.91 Å². The topological polar surface area (TPSA) is 85.4 Å². The summed E-state index contributed by atoms with van der Waals surface area (Å²) in [5.74, 6) is -0.919. The second-order valence-electron chi connectivity index (χ2n) is 6.83. The summed E-state index contributed by atoms with van der Waals surface area (Å²) in [6, 6.07) is 15.5. The van der Waals surface area contributed by atoms with Crippen LogP contribution in [0, 0.1) is 0 Å². The van der Waals surface area contributed by atoms with Crippen molar-refractivity contribution in [3.05, 3.63) is 65.7 Å². The van der Waals surface area contributed by atoms with Crippen LogP contribution in [0.15, 0.2) is 54.6 Å². The molecule has 1 aliphatic heterocycles. The first-order valence-corrected chi connectivity index (χ1v) is 9.46. The van der Waals surface area contributed by atoms with E-state index in [2.05, 4.69) is 0 Å². The monoisotopic (exact) mass is 412 g/mol. The molecule has 2 aromatic rings. The van der Waals surface area contributed by atoms with Gasteiger partial charge in [0.2, 0.25) is 5.91 Å². The summed E-state index contributed by atoms with van der Waals surface area (Å²) in [7, 11) is 3.04. The average Bonchev–Trinajstić information content (AvgIpc) is 2.74. The maximum absolute atomic E-state index is 13.2. The van der Waals surface area contributed by atoms with Crippen molar-refractivity contribution in [1.29, 1.82) is 0 Å². The van der Waals surface area contributed by atoms with Crippen LogP contribution in [-0.4, -0.2) is 54.6 Å². The normalized spacial score (nSPS) is 17.6. The third kappa shape index (κ3) is 4.60. The number of nitrogens with zero attached hydrogens (tertiary/aromatic N) is 2. The zero-order valence-corrected chi connectivity index (χ0v) is 17.1. The lowest BCUT2D eigenvalue weighted by molar-refractivity contribution is -0.214. The highest BCUT2D eigenvalue weighted by Gasteiger charge is 2.45. The Morgan fingerprint density at radius 3 is 2.47 bits per heavy atom. The molecule has 1 heterocycles. The van der Waals surface area contributed by atoms with E-state index < -0.39 is 24.1 Å². The van der Waals surface area contributed by atoms with Crippen LogP contribution in [0.4, 0.5) is 0 Å². The summed E-state index contributed by atoms with van der Waals surface area (Å²) in [5.41, 5.74) is 1.52. The van der Waals surface area contributed by atoms with Crippen LogP contribution in [0.25, 0.3) is 0 Å². The molecule has 0 spiro atoms. The number of carbonyl (C=O) groups is 3. The van der Waals surface area contributed by atoms with Crippen molar-refractivity contribution in [3.8, 4) is 5.75 Å². The number of amides is 2. The van der Waals surface area contributed by atoms with Crippen LogP contribution in [0.3, 0.4) is 0 Å². The molecule has 158 valence electrons. The van der Waals surface area contributed by atoms with E-state index in [9.17, 15) is 14.4 Å². The molecule has 8 nitrogen and oxygen atoms in total. The van der Waals surface area contributed by atoms with Gasteiger partial charge in [0.1, 0.15) is 18.3 Å². The second-order valence-corrected chi connectivity index (χ2v) is 6.83. The van der Waals surface area contributed by atoms with Crippen molar-refractivity contribution in [2.75, 3.05) is 20.8 Å². The minimum Gasteiger partial charge on any atom is -0.497 e. The van der Waals surface area contributed by atoms with Crippen LogP contribution in [-0.2, 0) is 30.4 Å². The predicted octanol–water partition coefficient (Wildman–Crippen LogP) is 2.10. The summed E-state index contributed by atoms with van der Waals surface area (Å²) in [6.07, 6.45) is -0.565. The van der Waals surface area contributed by atoms with Gasteiger partial charge >= 0.3 is 5.97 Å². The van der Waals surface area contributed by atoms with Crippen molar-refractivity contribution < 1.29 is 28.7 Å². The van der Waals surface area contributed by atoms with Crippen LogP contribution < -0.4 is 4.74 Å². The molecule has 1 saturated heterocycles. The summed E-state index contributed by atoms with van der Waals surface area (Å²) < 4.78 is 10.9. The Kier molecular flexibility index (Phi) is 6.68. The van der Waals surface area contributed by atoms with E-state index in [0.717, 1.165) is 16.2 Å². The quantitative estimate of drug-likeness (QED) is 0.692. The van der Waals surface area contributed by atoms with Crippen LogP contribution in [0.2, 0.25) is 0 Å². The smallest absolute Gasteiger partial charge is 0.329 e. The molecule has 2 atom stereocenters. The van der Waals surface area contributed by atoms with E-state index >= 15 is 0 Å². The number of rotatable bonds is 7. The van der Waals surface area contributed by atoms with E-state index in [0.29, 0.717) is 5.75 Å². The number of benzene rings is 2. The molecule has 3 rings (SSSR count). The summed E-state index contributed by atoms with van der Waals surface area (Å²) in [5, 5.41) is 0.823. The minimum atomic E-state index is -0.928. The number of carbonyl (C=O) groups excluding carboxylic acids is 3. The largest absolute Gasteiger partial charge is 0.497 e. The van der Waals surface area contributed by atoms with Gasteiger partial charge in [-0.15, -0.1) is 0 Å². The number of hydroxylamine groups is 2. The fourth-order valence-corrected chi connectivity index (χ4v) is 3.50. The van der Waals surface area contributed by atoms with Gasteiger partial charge in [0.05, 0.1) is 7.11 Å². The van der Waals surface area contributed by atoms with Crippen LogP contribution in [0.5, 0.6) is 5.75 Å². The van der Waals surface area contributed by atoms with E-state index in [1.54, 1.807) is 19.2 Å². The maximum Gasteiger partial charge on any atom is 0.329 e. The molecular weight excluding hydrogens is 388 g/mol. The van der Waals surface area contributed by atoms with Crippen LogP contribution >= 0.6 is 0 Å². The Bertz CT molecular complexity index is 917. The van der Waals surface area contributed by atoms with E-state index in [1.165, 1.54) is 18.9 Å². The molecule has 0 N–H and O–H groups in total. The molecule has 2 unspecified atom stereocenters. The molecule has 0 bridgehead atoms. The molecule has 30 heavy (non-hydrogen) atoms. The maximum atomic E-state index is 13.2. The molecule has 8 heteroatoms. The van der Waals surface area contributed by atoms with E-state index in [1.807, 2.05) is 42.5 Å². The highest BCUT2D eigenvalue weighted by atomic mass is 16.7. The zero-order valence-electron chi connectivity index (χ0n) is 17.1. The molecule has 1 aliphatic rings. The zero-order chi connectivity index (χ0) is 21.7. The van der Waals surface area contributed by atoms with Crippen molar-refractivity contribution in [3.63, 3.8) is 0 Å². The lowest BCUT2D eigenvalue weighted by Crippen LogP contribution is -2.61. The number of ether oxygens (including phenoxy) is 2. The SMILES string of the molecule is COc1cccc(CC2C(=O)N(OC(C)=O)CC(=O)N2C(OC)c2ccccc2)c1. The highest BCUT2D eigenvalue weighted by Crippen LogP contribution is 2.30. The third-order valence-corrected chi connectivity index (χ3v) is 4.80. The number of piperazine rings is 1. The fourth-order valence-electron chi connectivity index (χ4n) is 3.50. The van der Waals surface area contributed by atoms with Gasteiger partial charge < -0.3 is 14.3 Å². The van der Waals surface area contributed by atoms with Crippen molar-refractivity contribution in [2.45, 2.75) is 25.6 Å². The molecule has 2 aromatic carbocycles. The molecule has 0 radical (unpaired) electrons. The van der Waals surface area contributed by atoms with Gasteiger partial charge in [-0.05, 0) is 17.7 Å². The Morgan fingerprint density at radius 1 is 1.10 bits per heavy atom. The number of hydrogen-bond donors (Lipinski definition) is 0. The molecule has 0 aliphatic carbocycles. The van der Waals surface area contributed by atoms with Gasteiger partial charge in [-0.25, -0.2) is 0 Å². The summed E-state index contributed by atoms with van der Waals surface area (Å²) >= 11 is 0.